The van der Waals surface area contributed by atoms with E-state index in [1.54, 1.807) is 0 Å². The summed E-state index contributed by atoms with van der Waals surface area (Å²) in [4.78, 5) is 0. The number of allylic oxidation sites excluding steroid dienone is 2. The summed E-state index contributed by atoms with van der Waals surface area (Å²) in [6, 6.07) is 0. The summed E-state index contributed by atoms with van der Waals surface area (Å²) >= 11 is 3.18. The second kappa shape index (κ2) is 2.46. The van der Waals surface area contributed by atoms with E-state index < -0.39 is 0 Å². The standard InChI is InChI=1S/C4H6Br/c1-3-4(2)5/h1-2H3. The van der Waals surface area contributed by atoms with Crippen molar-refractivity contribution in [3.05, 3.63) is 10.6 Å². The van der Waals surface area contributed by atoms with E-state index in [0.29, 0.717) is 0 Å². The molecular formula is C4H6Br. The fourth-order valence-electron chi connectivity index (χ4n) is 0. The van der Waals surface area contributed by atoms with Crippen molar-refractivity contribution < 1.29 is 0 Å². The zero-order valence-corrected chi connectivity index (χ0v) is 4.96. The van der Waals surface area contributed by atoms with Crippen LogP contribution < -0.4 is 0 Å². The predicted molar refractivity (Wildman–Crippen MR) is 27.0 cm³/mol. The molecule has 5 heavy (non-hydrogen) atoms. The highest BCUT2D eigenvalue weighted by atomic mass is 79.9. The number of hydrogen-bond donors (Lipinski definition) is 0. The first-order valence-corrected chi connectivity index (χ1v) is 2.23. The van der Waals surface area contributed by atoms with Gasteiger partial charge in [0.1, 0.15) is 0 Å². The molecule has 29 valence electrons. The molecular weight excluding hydrogens is 128 g/mol. The molecule has 0 rings (SSSR count). The van der Waals surface area contributed by atoms with Gasteiger partial charge in [0.15, 0.2) is 0 Å². The Hall–Kier alpha value is 0.220. The monoisotopic (exact) mass is 133 g/mol. The van der Waals surface area contributed by atoms with Gasteiger partial charge >= 0.3 is 0 Å². The first kappa shape index (κ1) is 5.22. The molecule has 0 unspecified atom stereocenters. The Balaban J connectivity index is 3.14. The van der Waals surface area contributed by atoms with Crippen molar-refractivity contribution in [2.45, 2.75) is 13.8 Å². The van der Waals surface area contributed by atoms with Gasteiger partial charge in [-0.15, -0.1) is 0 Å². The second-order valence-corrected chi connectivity index (χ2v) is 1.97. The lowest BCUT2D eigenvalue weighted by atomic mass is 10.6. The van der Waals surface area contributed by atoms with Crippen LogP contribution in [0.5, 0.6) is 0 Å². The molecule has 0 fully saturated rings. The zero-order valence-electron chi connectivity index (χ0n) is 3.38. The lowest BCUT2D eigenvalue weighted by Crippen LogP contribution is -1.45. The topological polar surface area (TPSA) is 0 Å². The van der Waals surface area contributed by atoms with E-state index in [9.17, 15) is 0 Å². The maximum atomic E-state index is 3.18. The molecule has 0 nitrogen and oxygen atoms in total. The zero-order chi connectivity index (χ0) is 4.28. The minimum atomic E-state index is 1.07. The minimum Gasteiger partial charge on any atom is -0.0557 e. The van der Waals surface area contributed by atoms with Crippen LogP contribution in [-0.2, 0) is 0 Å². The van der Waals surface area contributed by atoms with Crippen LogP contribution in [0.4, 0.5) is 0 Å². The average molecular weight is 134 g/mol. The first-order valence-electron chi connectivity index (χ1n) is 1.44. The first-order chi connectivity index (χ1) is 2.27. The average Bonchev–Trinajstić information content (AvgIpc) is 1.38. The second-order valence-electron chi connectivity index (χ2n) is 0.783. The molecule has 0 aliphatic heterocycles. The molecule has 0 spiro atoms. The van der Waals surface area contributed by atoms with E-state index in [2.05, 4.69) is 22.0 Å². The number of rotatable bonds is 0. The summed E-state index contributed by atoms with van der Waals surface area (Å²) in [7, 11) is 0. The Morgan fingerprint density at radius 1 is 1.80 bits per heavy atom. The van der Waals surface area contributed by atoms with E-state index in [-0.39, 0.29) is 0 Å². The van der Waals surface area contributed by atoms with E-state index in [4.69, 9.17) is 0 Å². The van der Waals surface area contributed by atoms with E-state index in [0.717, 1.165) is 4.48 Å². The molecule has 0 N–H and O–H groups in total. The van der Waals surface area contributed by atoms with Crippen LogP contribution in [0.3, 0.4) is 0 Å². The quantitative estimate of drug-likeness (QED) is 0.475. The maximum Gasteiger partial charge on any atom is -0.00483 e. The van der Waals surface area contributed by atoms with Gasteiger partial charge < -0.3 is 0 Å². The summed E-state index contributed by atoms with van der Waals surface area (Å²) in [5.41, 5.74) is 0. The summed E-state index contributed by atoms with van der Waals surface area (Å²) in [5, 5.41) is 0. The van der Waals surface area contributed by atoms with Crippen molar-refractivity contribution in [3.8, 4) is 0 Å². The summed E-state index contributed by atoms with van der Waals surface area (Å²) in [6.45, 7) is 3.81. The lowest BCUT2D eigenvalue weighted by Gasteiger charge is -1.69. The third-order valence-electron chi connectivity index (χ3n) is 0.344. The highest BCUT2D eigenvalue weighted by molar-refractivity contribution is 9.11. The van der Waals surface area contributed by atoms with Crippen LogP contribution in [0.15, 0.2) is 4.48 Å². The Morgan fingerprint density at radius 2 is 2.00 bits per heavy atom. The molecule has 0 aliphatic rings. The molecule has 0 amide bonds. The third kappa shape index (κ3) is 4.22. The van der Waals surface area contributed by atoms with Gasteiger partial charge in [-0.05, 0) is 24.4 Å². The van der Waals surface area contributed by atoms with Gasteiger partial charge in [-0.25, -0.2) is 0 Å². The molecule has 0 heterocycles. The molecule has 0 aromatic heterocycles. The lowest BCUT2D eigenvalue weighted by molar-refractivity contribution is 1.55. The smallest absolute Gasteiger partial charge is 0.00483 e. The van der Waals surface area contributed by atoms with Gasteiger partial charge in [0, 0.05) is 0 Å². The molecule has 0 bridgehead atoms. The Bertz CT molecular complexity index is 41.6. The van der Waals surface area contributed by atoms with Crippen LogP contribution >= 0.6 is 15.9 Å². The molecule has 1 radical (unpaired) electrons. The van der Waals surface area contributed by atoms with Crippen LogP contribution in [0.2, 0.25) is 0 Å². The molecule has 0 saturated heterocycles. The highest BCUT2D eigenvalue weighted by Crippen LogP contribution is 1.97. The highest BCUT2D eigenvalue weighted by Gasteiger charge is 1.64. The fraction of sp³-hybridized carbons (Fsp3) is 0.500. The van der Waals surface area contributed by atoms with Gasteiger partial charge in [-0.2, -0.15) is 0 Å². The van der Waals surface area contributed by atoms with Crippen LogP contribution in [0.1, 0.15) is 13.8 Å². The molecule has 1 heteroatoms. The summed E-state index contributed by atoms with van der Waals surface area (Å²) in [5.74, 6) is 0. The summed E-state index contributed by atoms with van der Waals surface area (Å²) in [6.07, 6.45) is 2.86. The fourth-order valence-corrected chi connectivity index (χ4v) is 0. The van der Waals surface area contributed by atoms with Crippen LogP contribution in [0, 0.1) is 6.08 Å². The van der Waals surface area contributed by atoms with Gasteiger partial charge in [0.2, 0.25) is 0 Å². The molecule has 0 saturated carbocycles. The summed E-state index contributed by atoms with van der Waals surface area (Å²) < 4.78 is 1.07. The molecule has 0 atom stereocenters. The Labute approximate surface area is 41.0 Å². The van der Waals surface area contributed by atoms with E-state index in [1.165, 1.54) is 0 Å². The maximum absolute atomic E-state index is 3.18. The van der Waals surface area contributed by atoms with Crippen molar-refractivity contribution >= 4 is 15.9 Å². The van der Waals surface area contributed by atoms with Crippen LogP contribution in [0.25, 0.3) is 0 Å². The van der Waals surface area contributed by atoms with Gasteiger partial charge in [-0.1, -0.05) is 15.9 Å². The van der Waals surface area contributed by atoms with Crippen molar-refractivity contribution in [3.63, 3.8) is 0 Å². The van der Waals surface area contributed by atoms with Crippen LogP contribution in [-0.4, -0.2) is 0 Å². The number of hydrogen-bond acceptors (Lipinski definition) is 0. The van der Waals surface area contributed by atoms with Crippen molar-refractivity contribution in [1.82, 2.24) is 0 Å². The van der Waals surface area contributed by atoms with Gasteiger partial charge in [0.05, 0.1) is 0 Å². The molecule has 0 aromatic rings. The normalized spacial score (nSPS) is 12.2. The van der Waals surface area contributed by atoms with Crippen molar-refractivity contribution in [2.24, 2.45) is 0 Å². The van der Waals surface area contributed by atoms with Gasteiger partial charge in [-0.3, -0.25) is 0 Å². The Morgan fingerprint density at radius 3 is 2.00 bits per heavy atom. The van der Waals surface area contributed by atoms with E-state index >= 15 is 0 Å². The minimum absolute atomic E-state index is 1.07. The largest absolute Gasteiger partial charge is 0.0557 e. The van der Waals surface area contributed by atoms with E-state index in [1.807, 2.05) is 13.8 Å². The van der Waals surface area contributed by atoms with Crippen molar-refractivity contribution in [1.29, 1.82) is 0 Å². The molecule has 0 aliphatic carbocycles. The third-order valence-corrected chi connectivity index (χ3v) is 0.741. The van der Waals surface area contributed by atoms with Gasteiger partial charge in [0.25, 0.3) is 0 Å². The SMILES string of the molecule is C/[C]=C(/C)Br. The molecule has 0 aromatic carbocycles. The Kier molecular flexibility index (Phi) is 2.57. The number of halogens is 1. The van der Waals surface area contributed by atoms with Crippen molar-refractivity contribution in [2.75, 3.05) is 0 Å². The predicted octanol–water partition coefficient (Wildman–Crippen LogP) is 2.11.